The Labute approximate surface area is 161 Å². The highest BCUT2D eigenvalue weighted by Crippen LogP contribution is 2.24. The maximum Gasteiger partial charge on any atom is 0.306 e. The molecule has 0 fully saturated rings. The van der Waals surface area contributed by atoms with Crippen molar-refractivity contribution in [1.82, 2.24) is 10.1 Å². The van der Waals surface area contributed by atoms with Crippen molar-refractivity contribution in [3.8, 4) is 11.4 Å². The van der Waals surface area contributed by atoms with Gasteiger partial charge in [-0.3, -0.25) is 9.59 Å². The van der Waals surface area contributed by atoms with Gasteiger partial charge in [0.2, 0.25) is 5.82 Å². The second-order valence-electron chi connectivity index (χ2n) is 5.94. The highest BCUT2D eigenvalue weighted by atomic mass is 35.5. The number of aryl methyl sites for hydroxylation is 1. The number of carbonyl (C=O) groups excluding carboxylic acids is 2. The number of halogens is 1. The third-order valence-corrected chi connectivity index (χ3v) is 4.20. The molecule has 138 valence electrons. The number of esters is 1. The van der Waals surface area contributed by atoms with E-state index in [0.29, 0.717) is 22.0 Å². The number of hydrogen-bond acceptors (Lipinski definition) is 6. The predicted octanol–water partition coefficient (Wildman–Crippen LogP) is 4.40. The molecule has 0 atom stereocenters. The smallest absolute Gasteiger partial charge is 0.306 e. The van der Waals surface area contributed by atoms with Crippen LogP contribution < -0.4 is 0 Å². The zero-order chi connectivity index (χ0) is 19.2. The fraction of sp³-hybridized carbons (Fsp3) is 0.200. The fourth-order valence-corrected chi connectivity index (χ4v) is 2.60. The highest BCUT2D eigenvalue weighted by molar-refractivity contribution is 6.33. The molecule has 0 amide bonds. The van der Waals surface area contributed by atoms with E-state index in [0.717, 1.165) is 5.56 Å². The van der Waals surface area contributed by atoms with Crippen molar-refractivity contribution in [1.29, 1.82) is 0 Å². The number of aromatic nitrogens is 2. The summed E-state index contributed by atoms with van der Waals surface area (Å²) in [6, 6.07) is 14.3. The van der Waals surface area contributed by atoms with Crippen LogP contribution in [0.15, 0.2) is 53.1 Å². The molecular weight excluding hydrogens is 368 g/mol. The van der Waals surface area contributed by atoms with E-state index in [-0.39, 0.29) is 31.1 Å². The van der Waals surface area contributed by atoms with Gasteiger partial charge in [0.1, 0.15) is 0 Å². The summed E-state index contributed by atoms with van der Waals surface area (Å²) in [6.07, 6.45) is 0.0643. The summed E-state index contributed by atoms with van der Waals surface area (Å²) >= 11 is 6.09. The van der Waals surface area contributed by atoms with E-state index in [9.17, 15) is 9.59 Å². The molecule has 0 radical (unpaired) electrons. The Morgan fingerprint density at radius 1 is 1.07 bits per heavy atom. The van der Waals surface area contributed by atoms with Crippen molar-refractivity contribution in [2.45, 2.75) is 26.4 Å². The first-order valence-corrected chi connectivity index (χ1v) is 8.73. The van der Waals surface area contributed by atoms with Crippen LogP contribution in [-0.4, -0.2) is 21.9 Å². The normalized spacial score (nSPS) is 10.6. The standard InChI is InChI=1S/C20H17ClN2O4/c1-13-6-8-14(9-7-13)17(24)10-11-19(25)26-12-18-22-20(23-27-18)15-4-2-3-5-16(15)21/h2-9H,10-12H2,1H3. The molecule has 1 aromatic heterocycles. The molecule has 27 heavy (non-hydrogen) atoms. The quantitative estimate of drug-likeness (QED) is 0.443. The summed E-state index contributed by atoms with van der Waals surface area (Å²) in [7, 11) is 0. The maximum atomic E-state index is 12.1. The SMILES string of the molecule is Cc1ccc(C(=O)CCC(=O)OCc2nc(-c3ccccc3Cl)no2)cc1. The van der Waals surface area contributed by atoms with E-state index in [4.69, 9.17) is 20.9 Å². The van der Waals surface area contributed by atoms with Gasteiger partial charge in [0.25, 0.3) is 5.89 Å². The van der Waals surface area contributed by atoms with Crippen LogP contribution in [0.1, 0.15) is 34.7 Å². The van der Waals surface area contributed by atoms with Gasteiger partial charge < -0.3 is 9.26 Å². The van der Waals surface area contributed by atoms with Crippen LogP contribution in [0.3, 0.4) is 0 Å². The number of benzene rings is 2. The van der Waals surface area contributed by atoms with Gasteiger partial charge in [-0.1, -0.05) is 58.7 Å². The third kappa shape index (κ3) is 5.01. The molecule has 7 heteroatoms. The van der Waals surface area contributed by atoms with Gasteiger partial charge in [-0.25, -0.2) is 0 Å². The van der Waals surface area contributed by atoms with Crippen LogP contribution in [0.5, 0.6) is 0 Å². The Morgan fingerprint density at radius 2 is 1.81 bits per heavy atom. The molecule has 0 unspecified atom stereocenters. The molecule has 0 aliphatic rings. The molecule has 0 aliphatic carbocycles. The first kappa shape index (κ1) is 18.8. The van der Waals surface area contributed by atoms with Crippen LogP contribution in [0.25, 0.3) is 11.4 Å². The molecule has 0 saturated heterocycles. The number of nitrogens with zero attached hydrogens (tertiary/aromatic N) is 2. The second-order valence-corrected chi connectivity index (χ2v) is 6.35. The monoisotopic (exact) mass is 384 g/mol. The molecule has 0 saturated carbocycles. The number of ether oxygens (including phenoxy) is 1. The summed E-state index contributed by atoms with van der Waals surface area (Å²) in [6.45, 7) is 1.79. The molecule has 0 spiro atoms. The molecule has 2 aromatic carbocycles. The van der Waals surface area contributed by atoms with Crippen molar-refractivity contribution in [3.05, 3.63) is 70.6 Å². The number of Topliss-reactive ketones (excluding diaryl/α,β-unsaturated/α-hetero) is 1. The Hall–Kier alpha value is -2.99. The van der Waals surface area contributed by atoms with Crippen LogP contribution in [-0.2, 0) is 16.1 Å². The number of carbonyl (C=O) groups is 2. The topological polar surface area (TPSA) is 82.3 Å². The molecular formula is C20H17ClN2O4. The summed E-state index contributed by atoms with van der Waals surface area (Å²) in [5.74, 6) is -0.136. The van der Waals surface area contributed by atoms with Gasteiger partial charge in [0.05, 0.1) is 11.4 Å². The minimum Gasteiger partial charge on any atom is -0.456 e. The van der Waals surface area contributed by atoms with E-state index >= 15 is 0 Å². The molecule has 3 rings (SSSR count). The second kappa shape index (κ2) is 8.60. The first-order chi connectivity index (χ1) is 13.0. The largest absolute Gasteiger partial charge is 0.456 e. The Kier molecular flexibility index (Phi) is 5.98. The predicted molar refractivity (Wildman–Crippen MR) is 99.3 cm³/mol. The molecule has 0 bridgehead atoms. The Morgan fingerprint density at radius 3 is 2.56 bits per heavy atom. The molecule has 1 heterocycles. The number of ketones is 1. The maximum absolute atomic E-state index is 12.1. The Balaban J connectivity index is 1.49. The third-order valence-electron chi connectivity index (χ3n) is 3.87. The van der Waals surface area contributed by atoms with Crippen LogP contribution in [0.4, 0.5) is 0 Å². The number of rotatable bonds is 7. The minimum atomic E-state index is -0.507. The lowest BCUT2D eigenvalue weighted by Crippen LogP contribution is -2.08. The molecule has 3 aromatic rings. The zero-order valence-electron chi connectivity index (χ0n) is 14.6. The van der Waals surface area contributed by atoms with Crippen molar-refractivity contribution in [2.24, 2.45) is 0 Å². The van der Waals surface area contributed by atoms with Crippen molar-refractivity contribution < 1.29 is 18.8 Å². The van der Waals surface area contributed by atoms with Gasteiger partial charge in [-0.05, 0) is 19.1 Å². The van der Waals surface area contributed by atoms with E-state index < -0.39 is 5.97 Å². The average Bonchev–Trinajstić information content (AvgIpc) is 3.14. The van der Waals surface area contributed by atoms with E-state index in [1.807, 2.05) is 25.1 Å². The first-order valence-electron chi connectivity index (χ1n) is 8.36. The lowest BCUT2D eigenvalue weighted by molar-refractivity contribution is -0.145. The average molecular weight is 385 g/mol. The van der Waals surface area contributed by atoms with Gasteiger partial charge in [0, 0.05) is 17.5 Å². The Bertz CT molecular complexity index is 951. The van der Waals surface area contributed by atoms with E-state index in [1.54, 1.807) is 30.3 Å². The van der Waals surface area contributed by atoms with Gasteiger partial charge in [0.15, 0.2) is 12.4 Å². The lowest BCUT2D eigenvalue weighted by atomic mass is 10.1. The summed E-state index contributed by atoms with van der Waals surface area (Å²) in [4.78, 5) is 28.1. The van der Waals surface area contributed by atoms with E-state index in [2.05, 4.69) is 10.1 Å². The van der Waals surface area contributed by atoms with Crippen LogP contribution in [0, 0.1) is 6.92 Å². The van der Waals surface area contributed by atoms with E-state index in [1.165, 1.54) is 0 Å². The van der Waals surface area contributed by atoms with Crippen LogP contribution >= 0.6 is 11.6 Å². The molecule has 6 nitrogen and oxygen atoms in total. The van der Waals surface area contributed by atoms with Crippen molar-refractivity contribution >= 4 is 23.4 Å². The zero-order valence-corrected chi connectivity index (χ0v) is 15.4. The van der Waals surface area contributed by atoms with Crippen LogP contribution in [0.2, 0.25) is 5.02 Å². The summed E-state index contributed by atoms with van der Waals surface area (Å²) < 4.78 is 10.2. The lowest BCUT2D eigenvalue weighted by Gasteiger charge is -2.03. The molecule has 0 N–H and O–H groups in total. The van der Waals surface area contributed by atoms with Gasteiger partial charge >= 0.3 is 5.97 Å². The van der Waals surface area contributed by atoms with Gasteiger partial charge in [-0.2, -0.15) is 4.98 Å². The van der Waals surface area contributed by atoms with Crippen molar-refractivity contribution in [3.63, 3.8) is 0 Å². The minimum absolute atomic E-state index is 0.0157. The van der Waals surface area contributed by atoms with Gasteiger partial charge in [-0.15, -0.1) is 0 Å². The number of hydrogen-bond donors (Lipinski definition) is 0. The molecule has 0 aliphatic heterocycles. The fourth-order valence-electron chi connectivity index (χ4n) is 2.38. The summed E-state index contributed by atoms with van der Waals surface area (Å²) in [5, 5.41) is 4.33. The summed E-state index contributed by atoms with van der Waals surface area (Å²) in [5.41, 5.74) is 2.28. The highest BCUT2D eigenvalue weighted by Gasteiger charge is 2.14. The van der Waals surface area contributed by atoms with Crippen molar-refractivity contribution in [2.75, 3.05) is 0 Å².